The van der Waals surface area contributed by atoms with E-state index in [1.165, 1.54) is 0 Å². The third-order valence-electron chi connectivity index (χ3n) is 2.39. The van der Waals surface area contributed by atoms with Crippen LogP contribution in [0.25, 0.3) is 0 Å². The molecule has 4 nitrogen and oxygen atoms in total. The number of sulfone groups is 1. The molecule has 1 atom stereocenters. The first-order valence-corrected chi connectivity index (χ1v) is 6.73. The van der Waals surface area contributed by atoms with E-state index in [1.54, 1.807) is 31.2 Å². The molecule has 0 spiro atoms. The fraction of sp³-hybridized carbons (Fsp3) is 0.364. The summed E-state index contributed by atoms with van der Waals surface area (Å²) in [5.74, 6) is -0.553. The van der Waals surface area contributed by atoms with Crippen LogP contribution in [0, 0.1) is 6.92 Å². The Balaban J connectivity index is 3.16. The lowest BCUT2D eigenvalue weighted by Gasteiger charge is -2.12. The summed E-state index contributed by atoms with van der Waals surface area (Å²) in [5, 5.41) is 7.62. The average molecular weight is 242 g/mol. The molecule has 0 aliphatic rings. The number of hydrogen-bond donors (Lipinski definition) is 1. The number of ketones is 1. The van der Waals surface area contributed by atoms with Gasteiger partial charge in [0, 0.05) is 11.8 Å². The molecule has 0 saturated heterocycles. The number of carbonyl (C=O) groups is 1. The minimum Gasteiger partial charge on any atom is -0.395 e. The van der Waals surface area contributed by atoms with Crippen molar-refractivity contribution < 1.29 is 18.3 Å². The first kappa shape index (κ1) is 12.9. The van der Waals surface area contributed by atoms with Gasteiger partial charge in [0.2, 0.25) is 0 Å². The quantitative estimate of drug-likeness (QED) is 0.784. The molecule has 88 valence electrons. The summed E-state index contributed by atoms with van der Waals surface area (Å²) < 4.78 is 22.6. The Morgan fingerprint density at radius 3 is 2.38 bits per heavy atom. The summed E-state index contributed by atoms with van der Waals surface area (Å²) in [6, 6.07) is 6.72. The molecule has 0 aromatic heterocycles. The standard InChI is InChI=1S/C11H14O4S/c1-8-5-3-4-6-9(8)11(13)10(7-12)16(2,14)15/h3-6,10,12H,7H2,1-2H3. The summed E-state index contributed by atoms with van der Waals surface area (Å²) in [6.07, 6.45) is 0.948. The summed E-state index contributed by atoms with van der Waals surface area (Å²) in [7, 11) is -3.58. The fourth-order valence-electron chi connectivity index (χ4n) is 1.44. The highest BCUT2D eigenvalue weighted by atomic mass is 32.2. The molecule has 16 heavy (non-hydrogen) atoms. The van der Waals surface area contributed by atoms with Crippen LogP contribution < -0.4 is 0 Å². The highest BCUT2D eigenvalue weighted by Gasteiger charge is 2.29. The van der Waals surface area contributed by atoms with Crippen molar-refractivity contribution >= 4 is 15.6 Å². The maximum atomic E-state index is 11.9. The second-order valence-corrected chi connectivity index (χ2v) is 5.91. The van der Waals surface area contributed by atoms with Gasteiger partial charge in [0.15, 0.2) is 15.6 Å². The summed E-state index contributed by atoms with van der Waals surface area (Å²) in [5.41, 5.74) is 1.04. The normalized spacial score (nSPS) is 13.4. The van der Waals surface area contributed by atoms with Crippen molar-refractivity contribution in [2.45, 2.75) is 12.2 Å². The van der Waals surface area contributed by atoms with Crippen LogP contribution in [0.4, 0.5) is 0 Å². The summed E-state index contributed by atoms with van der Waals surface area (Å²) >= 11 is 0. The van der Waals surface area contributed by atoms with Crippen LogP contribution in [0.3, 0.4) is 0 Å². The zero-order chi connectivity index (χ0) is 12.3. The zero-order valence-corrected chi connectivity index (χ0v) is 9.99. The van der Waals surface area contributed by atoms with E-state index >= 15 is 0 Å². The Labute approximate surface area is 94.8 Å². The topological polar surface area (TPSA) is 71.4 Å². The van der Waals surface area contributed by atoms with Crippen molar-refractivity contribution in [1.82, 2.24) is 0 Å². The molecular formula is C11H14O4S. The van der Waals surface area contributed by atoms with Gasteiger partial charge in [0.1, 0.15) is 5.25 Å². The Hall–Kier alpha value is -1.20. The molecule has 0 amide bonds. The Kier molecular flexibility index (Phi) is 3.83. The van der Waals surface area contributed by atoms with Crippen molar-refractivity contribution in [3.8, 4) is 0 Å². The van der Waals surface area contributed by atoms with Crippen molar-refractivity contribution in [1.29, 1.82) is 0 Å². The molecule has 0 bridgehead atoms. The van der Waals surface area contributed by atoms with E-state index in [0.29, 0.717) is 11.1 Å². The van der Waals surface area contributed by atoms with E-state index in [-0.39, 0.29) is 0 Å². The van der Waals surface area contributed by atoms with Crippen LogP contribution >= 0.6 is 0 Å². The highest BCUT2D eigenvalue weighted by Crippen LogP contribution is 2.13. The lowest BCUT2D eigenvalue weighted by atomic mass is 10.0. The van der Waals surface area contributed by atoms with Gasteiger partial charge < -0.3 is 5.11 Å². The van der Waals surface area contributed by atoms with Gasteiger partial charge in [-0.15, -0.1) is 0 Å². The molecule has 1 rings (SSSR count). The van der Waals surface area contributed by atoms with Crippen molar-refractivity contribution in [3.05, 3.63) is 35.4 Å². The molecular weight excluding hydrogens is 228 g/mol. The SMILES string of the molecule is Cc1ccccc1C(=O)C(CO)S(C)(=O)=O. The number of benzene rings is 1. The van der Waals surface area contributed by atoms with E-state index in [2.05, 4.69) is 0 Å². The highest BCUT2D eigenvalue weighted by molar-refractivity contribution is 7.92. The monoisotopic (exact) mass is 242 g/mol. The smallest absolute Gasteiger partial charge is 0.183 e. The first-order valence-electron chi connectivity index (χ1n) is 4.77. The summed E-state index contributed by atoms with van der Waals surface area (Å²) in [4.78, 5) is 11.9. The minimum absolute atomic E-state index is 0.340. The van der Waals surface area contributed by atoms with Crippen molar-refractivity contribution in [2.24, 2.45) is 0 Å². The largest absolute Gasteiger partial charge is 0.395 e. The molecule has 0 heterocycles. The zero-order valence-electron chi connectivity index (χ0n) is 9.17. The predicted molar refractivity (Wildman–Crippen MR) is 61.2 cm³/mol. The number of carbonyl (C=O) groups excluding carboxylic acids is 1. The van der Waals surface area contributed by atoms with E-state index in [1.807, 2.05) is 0 Å². The molecule has 5 heteroatoms. The number of aliphatic hydroxyl groups is 1. The van der Waals surface area contributed by atoms with Crippen molar-refractivity contribution in [3.63, 3.8) is 0 Å². The Bertz CT molecular complexity index is 490. The van der Waals surface area contributed by atoms with Crippen molar-refractivity contribution in [2.75, 3.05) is 12.9 Å². The van der Waals surface area contributed by atoms with Gasteiger partial charge in [-0.05, 0) is 12.5 Å². The van der Waals surface area contributed by atoms with Crippen LogP contribution in [-0.4, -0.2) is 37.4 Å². The first-order chi connectivity index (χ1) is 7.38. The van der Waals surface area contributed by atoms with Gasteiger partial charge in [-0.2, -0.15) is 0 Å². The molecule has 0 aliphatic heterocycles. The van der Waals surface area contributed by atoms with Gasteiger partial charge in [-0.25, -0.2) is 8.42 Å². The van der Waals surface area contributed by atoms with Gasteiger partial charge in [0.25, 0.3) is 0 Å². The molecule has 0 fully saturated rings. The fourth-order valence-corrected chi connectivity index (χ4v) is 2.22. The minimum atomic E-state index is -3.58. The van der Waals surface area contributed by atoms with Crippen LogP contribution in [0.15, 0.2) is 24.3 Å². The lowest BCUT2D eigenvalue weighted by molar-refractivity contribution is 0.0961. The summed E-state index contributed by atoms with van der Waals surface area (Å²) in [6.45, 7) is 1.04. The average Bonchev–Trinajstić information content (AvgIpc) is 2.17. The number of rotatable bonds is 4. The molecule has 0 radical (unpaired) electrons. The van der Waals surface area contributed by atoms with Crippen LogP contribution in [0.1, 0.15) is 15.9 Å². The third-order valence-corrected chi connectivity index (χ3v) is 3.78. The number of Topliss-reactive ketones (excluding diaryl/α,β-unsaturated/α-hetero) is 1. The number of aryl methyl sites for hydroxylation is 1. The predicted octanol–water partition coefficient (Wildman–Crippen LogP) is 0.583. The van der Waals surface area contributed by atoms with E-state index < -0.39 is 27.5 Å². The van der Waals surface area contributed by atoms with Gasteiger partial charge in [-0.3, -0.25) is 4.79 Å². The Morgan fingerprint density at radius 2 is 1.94 bits per heavy atom. The molecule has 1 aromatic carbocycles. The lowest BCUT2D eigenvalue weighted by Crippen LogP contribution is -2.33. The van der Waals surface area contributed by atoms with Gasteiger partial charge in [-0.1, -0.05) is 24.3 Å². The second kappa shape index (κ2) is 4.76. The number of hydrogen-bond acceptors (Lipinski definition) is 4. The van der Waals surface area contributed by atoms with Crippen LogP contribution in [-0.2, 0) is 9.84 Å². The van der Waals surface area contributed by atoms with E-state index in [0.717, 1.165) is 6.26 Å². The molecule has 1 N–H and O–H groups in total. The van der Waals surface area contributed by atoms with Gasteiger partial charge >= 0.3 is 0 Å². The Morgan fingerprint density at radius 1 is 1.38 bits per heavy atom. The van der Waals surface area contributed by atoms with E-state index in [4.69, 9.17) is 5.11 Å². The maximum absolute atomic E-state index is 11.9. The number of aliphatic hydroxyl groups excluding tert-OH is 1. The van der Waals surface area contributed by atoms with E-state index in [9.17, 15) is 13.2 Å². The maximum Gasteiger partial charge on any atom is 0.183 e. The van der Waals surface area contributed by atoms with Crippen LogP contribution in [0.2, 0.25) is 0 Å². The van der Waals surface area contributed by atoms with Gasteiger partial charge in [0.05, 0.1) is 6.61 Å². The third kappa shape index (κ3) is 2.68. The molecule has 0 saturated carbocycles. The molecule has 1 unspecified atom stereocenters. The van der Waals surface area contributed by atoms with Crippen LogP contribution in [0.5, 0.6) is 0 Å². The second-order valence-electron chi connectivity index (χ2n) is 3.68. The molecule has 1 aromatic rings. The molecule has 0 aliphatic carbocycles.